The first-order chi connectivity index (χ1) is 8.31. The summed E-state index contributed by atoms with van der Waals surface area (Å²) < 4.78 is 0. The monoisotopic (exact) mass is 225 g/mol. The standard InChI is InChI=1S/C14H15N3/c15-9-11-4-6-13(7-5-11)17-14-3-1-2-12(8-14)10-16/h1-3,8,11,13,17H,4-7H2. The molecule has 1 N–H and O–H groups in total. The van der Waals surface area contributed by atoms with Crippen molar-refractivity contribution in [1.29, 1.82) is 10.5 Å². The number of nitrogens with one attached hydrogen (secondary N) is 1. The van der Waals surface area contributed by atoms with Crippen LogP contribution in [0.15, 0.2) is 24.3 Å². The van der Waals surface area contributed by atoms with Crippen LogP contribution in [0.1, 0.15) is 31.2 Å². The number of benzene rings is 1. The van der Waals surface area contributed by atoms with E-state index in [0.717, 1.165) is 31.4 Å². The zero-order valence-corrected chi connectivity index (χ0v) is 9.69. The molecule has 3 nitrogen and oxygen atoms in total. The van der Waals surface area contributed by atoms with E-state index in [-0.39, 0.29) is 5.92 Å². The zero-order valence-electron chi connectivity index (χ0n) is 9.69. The van der Waals surface area contributed by atoms with Gasteiger partial charge in [-0.3, -0.25) is 0 Å². The zero-order chi connectivity index (χ0) is 12.1. The maximum Gasteiger partial charge on any atom is 0.0992 e. The molecule has 0 heterocycles. The molecule has 1 fully saturated rings. The smallest absolute Gasteiger partial charge is 0.0992 e. The molecule has 1 aliphatic carbocycles. The minimum Gasteiger partial charge on any atom is -0.382 e. The van der Waals surface area contributed by atoms with Gasteiger partial charge in [-0.25, -0.2) is 0 Å². The highest BCUT2D eigenvalue weighted by Gasteiger charge is 2.20. The van der Waals surface area contributed by atoms with Gasteiger partial charge in [0.1, 0.15) is 0 Å². The minimum atomic E-state index is 0.235. The third-order valence-corrected chi connectivity index (χ3v) is 3.27. The number of nitriles is 2. The number of nitrogens with zero attached hydrogens (tertiary/aromatic N) is 2. The van der Waals surface area contributed by atoms with Crippen LogP contribution < -0.4 is 5.32 Å². The summed E-state index contributed by atoms with van der Waals surface area (Å²) in [6, 6.07) is 12.5. The predicted molar refractivity (Wildman–Crippen MR) is 66.1 cm³/mol. The van der Waals surface area contributed by atoms with E-state index in [1.807, 2.05) is 18.2 Å². The Bertz CT molecular complexity index is 459. The molecule has 1 aromatic rings. The topological polar surface area (TPSA) is 59.6 Å². The second kappa shape index (κ2) is 5.37. The molecule has 1 aliphatic rings. The molecule has 0 saturated heterocycles. The largest absolute Gasteiger partial charge is 0.382 e. The van der Waals surface area contributed by atoms with Gasteiger partial charge in [0.25, 0.3) is 0 Å². The molecule has 0 bridgehead atoms. The molecule has 0 atom stereocenters. The van der Waals surface area contributed by atoms with Gasteiger partial charge >= 0.3 is 0 Å². The van der Waals surface area contributed by atoms with Gasteiger partial charge in [0.2, 0.25) is 0 Å². The van der Waals surface area contributed by atoms with Crippen LogP contribution in [0, 0.1) is 28.6 Å². The van der Waals surface area contributed by atoms with E-state index >= 15 is 0 Å². The molecule has 2 rings (SSSR count). The fraction of sp³-hybridized carbons (Fsp3) is 0.429. The summed E-state index contributed by atoms with van der Waals surface area (Å²) >= 11 is 0. The minimum absolute atomic E-state index is 0.235. The van der Waals surface area contributed by atoms with E-state index < -0.39 is 0 Å². The lowest BCUT2D eigenvalue weighted by Crippen LogP contribution is -2.25. The summed E-state index contributed by atoms with van der Waals surface area (Å²) in [5.41, 5.74) is 1.69. The fourth-order valence-corrected chi connectivity index (χ4v) is 2.28. The van der Waals surface area contributed by atoms with E-state index in [1.54, 1.807) is 6.07 Å². The Morgan fingerprint density at radius 3 is 2.53 bits per heavy atom. The first kappa shape index (κ1) is 11.5. The van der Waals surface area contributed by atoms with Crippen molar-refractivity contribution >= 4 is 5.69 Å². The van der Waals surface area contributed by atoms with E-state index in [1.165, 1.54) is 0 Å². The van der Waals surface area contributed by atoms with Crippen molar-refractivity contribution in [2.75, 3.05) is 5.32 Å². The summed E-state index contributed by atoms with van der Waals surface area (Å²) in [5.74, 6) is 0.235. The molecule has 86 valence electrons. The molecule has 1 aromatic carbocycles. The Morgan fingerprint density at radius 1 is 1.12 bits per heavy atom. The van der Waals surface area contributed by atoms with Crippen LogP contribution in [0.2, 0.25) is 0 Å². The highest BCUT2D eigenvalue weighted by atomic mass is 14.9. The molecule has 0 radical (unpaired) electrons. The predicted octanol–water partition coefficient (Wildman–Crippen LogP) is 3.05. The average molecular weight is 225 g/mol. The van der Waals surface area contributed by atoms with Gasteiger partial charge in [-0.05, 0) is 43.9 Å². The Morgan fingerprint density at radius 2 is 1.88 bits per heavy atom. The van der Waals surface area contributed by atoms with Crippen molar-refractivity contribution in [3.05, 3.63) is 29.8 Å². The molecular formula is C14H15N3. The van der Waals surface area contributed by atoms with Crippen molar-refractivity contribution in [2.24, 2.45) is 5.92 Å². The van der Waals surface area contributed by atoms with Crippen LogP contribution in [0.4, 0.5) is 5.69 Å². The maximum atomic E-state index is 8.83. The van der Waals surface area contributed by atoms with Crippen molar-refractivity contribution in [1.82, 2.24) is 0 Å². The molecule has 0 aliphatic heterocycles. The van der Waals surface area contributed by atoms with Gasteiger partial charge in [-0.15, -0.1) is 0 Å². The summed E-state index contributed by atoms with van der Waals surface area (Å²) in [6.07, 6.45) is 4.03. The molecule has 0 unspecified atom stereocenters. The molecular weight excluding hydrogens is 210 g/mol. The highest BCUT2D eigenvalue weighted by molar-refractivity contribution is 5.49. The summed E-state index contributed by atoms with van der Waals surface area (Å²) in [7, 11) is 0. The van der Waals surface area contributed by atoms with Crippen molar-refractivity contribution in [3.63, 3.8) is 0 Å². The number of rotatable bonds is 2. The quantitative estimate of drug-likeness (QED) is 0.841. The Kier molecular flexibility index (Phi) is 3.62. The summed E-state index contributed by atoms with van der Waals surface area (Å²) in [6.45, 7) is 0. The van der Waals surface area contributed by atoms with Gasteiger partial charge in [0.15, 0.2) is 0 Å². The second-order valence-corrected chi connectivity index (χ2v) is 4.51. The Balaban J connectivity index is 1.94. The van der Waals surface area contributed by atoms with Gasteiger partial charge in [-0.1, -0.05) is 6.07 Å². The van der Waals surface area contributed by atoms with E-state index in [0.29, 0.717) is 11.6 Å². The lowest BCUT2D eigenvalue weighted by Gasteiger charge is -2.26. The SMILES string of the molecule is N#Cc1cccc(NC2CCC(C#N)CC2)c1. The third-order valence-electron chi connectivity index (χ3n) is 3.27. The van der Waals surface area contributed by atoms with E-state index in [9.17, 15) is 0 Å². The van der Waals surface area contributed by atoms with Gasteiger partial charge in [0, 0.05) is 17.6 Å². The lowest BCUT2D eigenvalue weighted by atomic mass is 9.87. The van der Waals surface area contributed by atoms with Crippen LogP contribution in [0.5, 0.6) is 0 Å². The van der Waals surface area contributed by atoms with Crippen LogP contribution in [0.25, 0.3) is 0 Å². The molecule has 3 heteroatoms. The molecule has 17 heavy (non-hydrogen) atoms. The molecule has 0 aromatic heterocycles. The van der Waals surface area contributed by atoms with E-state index in [4.69, 9.17) is 10.5 Å². The third kappa shape index (κ3) is 2.98. The molecule has 0 spiro atoms. The van der Waals surface area contributed by atoms with Crippen molar-refractivity contribution in [3.8, 4) is 12.1 Å². The van der Waals surface area contributed by atoms with Gasteiger partial charge in [0.05, 0.1) is 17.7 Å². The first-order valence-electron chi connectivity index (χ1n) is 5.98. The number of hydrogen-bond donors (Lipinski definition) is 1. The van der Waals surface area contributed by atoms with Crippen LogP contribution in [-0.4, -0.2) is 6.04 Å². The summed E-state index contributed by atoms with van der Waals surface area (Å²) in [4.78, 5) is 0. The van der Waals surface area contributed by atoms with Crippen LogP contribution in [-0.2, 0) is 0 Å². The van der Waals surface area contributed by atoms with Gasteiger partial charge < -0.3 is 5.32 Å². The van der Waals surface area contributed by atoms with Crippen molar-refractivity contribution < 1.29 is 0 Å². The van der Waals surface area contributed by atoms with E-state index in [2.05, 4.69) is 17.5 Å². The number of hydrogen-bond acceptors (Lipinski definition) is 3. The molecule has 1 saturated carbocycles. The number of anilines is 1. The maximum absolute atomic E-state index is 8.83. The molecule has 0 amide bonds. The second-order valence-electron chi connectivity index (χ2n) is 4.51. The Hall–Kier alpha value is -2.00. The lowest BCUT2D eigenvalue weighted by molar-refractivity contribution is 0.397. The van der Waals surface area contributed by atoms with Crippen LogP contribution in [0.3, 0.4) is 0 Å². The summed E-state index contributed by atoms with van der Waals surface area (Å²) in [5, 5.41) is 21.1. The normalized spacial score (nSPS) is 23.4. The van der Waals surface area contributed by atoms with Gasteiger partial charge in [-0.2, -0.15) is 10.5 Å². The highest BCUT2D eigenvalue weighted by Crippen LogP contribution is 2.26. The Labute approximate surface area is 102 Å². The average Bonchev–Trinajstić information content (AvgIpc) is 2.40. The van der Waals surface area contributed by atoms with Crippen molar-refractivity contribution in [2.45, 2.75) is 31.7 Å². The van der Waals surface area contributed by atoms with Crippen LogP contribution >= 0.6 is 0 Å². The fourth-order valence-electron chi connectivity index (χ4n) is 2.28. The first-order valence-corrected chi connectivity index (χ1v) is 5.98.